The highest BCUT2D eigenvalue weighted by Gasteiger charge is 2.42. The summed E-state index contributed by atoms with van der Waals surface area (Å²) in [5.74, 6) is 0.974. The summed E-state index contributed by atoms with van der Waals surface area (Å²) < 4.78 is 0. The van der Waals surface area contributed by atoms with Crippen LogP contribution in [-0.2, 0) is 0 Å². The highest BCUT2D eigenvalue weighted by atomic mass is 15.2. The van der Waals surface area contributed by atoms with Crippen molar-refractivity contribution in [1.82, 2.24) is 4.90 Å². The highest BCUT2D eigenvalue weighted by Crippen LogP contribution is 2.40. The fourth-order valence-electron chi connectivity index (χ4n) is 4.28. The van der Waals surface area contributed by atoms with Crippen LogP contribution in [0.3, 0.4) is 0 Å². The molecule has 1 saturated heterocycles. The van der Waals surface area contributed by atoms with E-state index in [0.29, 0.717) is 5.54 Å². The summed E-state index contributed by atoms with van der Waals surface area (Å²) >= 11 is 0. The van der Waals surface area contributed by atoms with E-state index in [4.69, 9.17) is 5.73 Å². The quantitative estimate of drug-likeness (QED) is 0.815. The molecule has 2 nitrogen and oxygen atoms in total. The van der Waals surface area contributed by atoms with Crippen LogP contribution in [0.4, 0.5) is 0 Å². The Morgan fingerprint density at radius 3 is 2.35 bits per heavy atom. The molecule has 0 aromatic rings. The Morgan fingerprint density at radius 2 is 1.71 bits per heavy atom. The summed E-state index contributed by atoms with van der Waals surface area (Å²) in [5.41, 5.74) is 6.43. The first kappa shape index (κ1) is 13.4. The van der Waals surface area contributed by atoms with Crippen molar-refractivity contribution in [3.63, 3.8) is 0 Å². The second-order valence-corrected chi connectivity index (χ2v) is 6.08. The smallest absolute Gasteiger partial charge is 0.0329 e. The van der Waals surface area contributed by atoms with Gasteiger partial charge in [-0.15, -0.1) is 0 Å². The molecule has 0 spiro atoms. The van der Waals surface area contributed by atoms with Crippen LogP contribution in [0, 0.1) is 5.92 Å². The summed E-state index contributed by atoms with van der Waals surface area (Å²) in [6.45, 7) is 6.77. The van der Waals surface area contributed by atoms with Gasteiger partial charge in [0.2, 0.25) is 0 Å². The van der Waals surface area contributed by atoms with Gasteiger partial charge < -0.3 is 5.73 Å². The molecule has 1 aliphatic heterocycles. The minimum Gasteiger partial charge on any atom is -0.329 e. The third-order valence-corrected chi connectivity index (χ3v) is 5.55. The van der Waals surface area contributed by atoms with Crippen molar-refractivity contribution >= 4 is 0 Å². The summed E-state index contributed by atoms with van der Waals surface area (Å²) in [5, 5.41) is 0. The molecule has 1 heterocycles. The monoisotopic (exact) mass is 238 g/mol. The van der Waals surface area contributed by atoms with Crippen LogP contribution in [-0.4, -0.2) is 29.6 Å². The van der Waals surface area contributed by atoms with Crippen LogP contribution in [0.2, 0.25) is 0 Å². The van der Waals surface area contributed by atoms with E-state index in [9.17, 15) is 0 Å². The molecule has 1 aliphatic carbocycles. The van der Waals surface area contributed by atoms with Gasteiger partial charge >= 0.3 is 0 Å². The number of nitrogens with two attached hydrogens (primary N) is 1. The lowest BCUT2D eigenvalue weighted by atomic mass is 9.75. The van der Waals surface area contributed by atoms with Crippen LogP contribution in [0.15, 0.2) is 0 Å². The first-order chi connectivity index (χ1) is 8.27. The summed E-state index contributed by atoms with van der Waals surface area (Å²) in [4.78, 5) is 2.82. The molecule has 2 fully saturated rings. The second kappa shape index (κ2) is 5.71. The third-order valence-electron chi connectivity index (χ3n) is 5.55. The van der Waals surface area contributed by atoms with E-state index in [0.717, 1.165) is 18.5 Å². The Balaban J connectivity index is 2.16. The number of rotatable bonds is 4. The van der Waals surface area contributed by atoms with Gasteiger partial charge in [0, 0.05) is 18.1 Å². The van der Waals surface area contributed by atoms with Gasteiger partial charge in [0.15, 0.2) is 0 Å². The van der Waals surface area contributed by atoms with E-state index < -0.39 is 0 Å². The molecule has 0 unspecified atom stereocenters. The van der Waals surface area contributed by atoms with Crippen molar-refractivity contribution < 1.29 is 0 Å². The molecule has 2 aliphatic rings. The zero-order valence-corrected chi connectivity index (χ0v) is 11.8. The number of likely N-dealkylation sites (tertiary alicyclic amines) is 1. The topological polar surface area (TPSA) is 29.3 Å². The van der Waals surface area contributed by atoms with Crippen molar-refractivity contribution in [3.8, 4) is 0 Å². The van der Waals surface area contributed by atoms with Crippen LogP contribution in [0.5, 0.6) is 0 Å². The molecule has 0 radical (unpaired) electrons. The maximum absolute atomic E-state index is 6.14. The number of piperidine rings is 1. The molecular weight excluding hydrogens is 208 g/mol. The number of nitrogens with zero attached hydrogens (tertiary/aromatic N) is 1. The van der Waals surface area contributed by atoms with Crippen LogP contribution in [0.25, 0.3) is 0 Å². The molecule has 17 heavy (non-hydrogen) atoms. The maximum Gasteiger partial charge on any atom is 0.0329 e. The van der Waals surface area contributed by atoms with E-state index in [1.165, 1.54) is 57.9 Å². The number of hydrogen-bond acceptors (Lipinski definition) is 2. The van der Waals surface area contributed by atoms with Gasteiger partial charge in [-0.25, -0.2) is 0 Å². The molecule has 0 aromatic heterocycles. The van der Waals surface area contributed by atoms with E-state index >= 15 is 0 Å². The van der Waals surface area contributed by atoms with E-state index in [1.807, 2.05) is 0 Å². The van der Waals surface area contributed by atoms with E-state index in [1.54, 1.807) is 0 Å². The lowest BCUT2D eigenvalue weighted by molar-refractivity contribution is -0.0298. The Morgan fingerprint density at radius 1 is 1.06 bits per heavy atom. The lowest BCUT2D eigenvalue weighted by Crippen LogP contribution is -2.61. The molecular formula is C15H30N2. The number of fused-ring (bicyclic) bond motifs is 1. The molecule has 0 bridgehead atoms. The molecule has 2 N–H and O–H groups in total. The zero-order valence-electron chi connectivity index (χ0n) is 11.8. The SMILES string of the molecule is CCC(CC)(CN)N1CCC[C@H]2CCCC[C@H]21. The molecule has 2 rings (SSSR count). The van der Waals surface area contributed by atoms with Crippen molar-refractivity contribution in [3.05, 3.63) is 0 Å². The van der Waals surface area contributed by atoms with Crippen molar-refractivity contribution in [2.24, 2.45) is 11.7 Å². The second-order valence-electron chi connectivity index (χ2n) is 6.08. The fourth-order valence-corrected chi connectivity index (χ4v) is 4.28. The average Bonchev–Trinajstić information content (AvgIpc) is 2.41. The molecule has 0 aromatic carbocycles. The van der Waals surface area contributed by atoms with E-state index in [-0.39, 0.29) is 0 Å². The predicted octanol–water partition coefficient (Wildman–Crippen LogP) is 3.16. The molecule has 1 saturated carbocycles. The van der Waals surface area contributed by atoms with Gasteiger partial charge in [-0.1, -0.05) is 26.7 Å². The standard InChI is InChI=1S/C15H30N2/c1-3-15(4-2,12-16)17-11-7-9-13-8-5-6-10-14(13)17/h13-14H,3-12,16H2,1-2H3/t13-,14-/m1/s1. The van der Waals surface area contributed by atoms with Crippen LogP contribution < -0.4 is 5.73 Å². The van der Waals surface area contributed by atoms with Gasteiger partial charge in [-0.05, 0) is 51.0 Å². The van der Waals surface area contributed by atoms with E-state index in [2.05, 4.69) is 18.7 Å². The Bertz CT molecular complexity index is 225. The third kappa shape index (κ3) is 2.39. The Hall–Kier alpha value is -0.0800. The molecule has 2 atom stereocenters. The van der Waals surface area contributed by atoms with Gasteiger partial charge in [0.05, 0.1) is 0 Å². The van der Waals surface area contributed by atoms with Crippen molar-refractivity contribution in [2.45, 2.75) is 76.8 Å². The fraction of sp³-hybridized carbons (Fsp3) is 1.00. The Labute approximate surface area is 107 Å². The summed E-state index contributed by atoms with van der Waals surface area (Å²) in [6.07, 6.45) is 11.1. The van der Waals surface area contributed by atoms with Gasteiger partial charge in [0.25, 0.3) is 0 Å². The average molecular weight is 238 g/mol. The van der Waals surface area contributed by atoms with Crippen LogP contribution >= 0.6 is 0 Å². The van der Waals surface area contributed by atoms with Gasteiger partial charge in [-0.3, -0.25) is 4.90 Å². The first-order valence-electron chi connectivity index (χ1n) is 7.74. The zero-order chi connectivity index (χ0) is 12.3. The minimum atomic E-state index is 0.292. The lowest BCUT2D eigenvalue weighted by Gasteiger charge is -2.53. The maximum atomic E-state index is 6.14. The van der Waals surface area contributed by atoms with Gasteiger partial charge in [0.1, 0.15) is 0 Å². The first-order valence-corrected chi connectivity index (χ1v) is 7.74. The Kier molecular flexibility index (Phi) is 4.48. The molecule has 0 amide bonds. The summed E-state index contributed by atoms with van der Waals surface area (Å²) in [6, 6.07) is 0.848. The summed E-state index contributed by atoms with van der Waals surface area (Å²) in [7, 11) is 0. The van der Waals surface area contributed by atoms with Crippen LogP contribution in [0.1, 0.15) is 65.2 Å². The minimum absolute atomic E-state index is 0.292. The predicted molar refractivity (Wildman–Crippen MR) is 74.1 cm³/mol. The van der Waals surface area contributed by atoms with Crippen molar-refractivity contribution in [2.75, 3.05) is 13.1 Å². The largest absolute Gasteiger partial charge is 0.329 e. The van der Waals surface area contributed by atoms with Gasteiger partial charge in [-0.2, -0.15) is 0 Å². The molecule has 2 heteroatoms. The normalized spacial score (nSPS) is 31.2. The molecule has 100 valence electrons. The number of hydrogen-bond donors (Lipinski definition) is 1. The highest BCUT2D eigenvalue weighted by molar-refractivity contribution is 4.98. The van der Waals surface area contributed by atoms with Crippen molar-refractivity contribution in [1.29, 1.82) is 0 Å².